The number of halogens is 2. The maximum atomic E-state index is 11.9. The van der Waals surface area contributed by atoms with Gasteiger partial charge in [-0.2, -0.15) is 5.10 Å². The first kappa shape index (κ1) is 11.6. The van der Waals surface area contributed by atoms with E-state index in [1.54, 1.807) is 35.1 Å². The Bertz CT molecular complexity index is 524. The quantitative estimate of drug-likeness (QED) is 0.632. The fourth-order valence-electron chi connectivity index (χ4n) is 1.34. The van der Waals surface area contributed by atoms with Gasteiger partial charge in [-0.15, -0.1) is 0 Å². The van der Waals surface area contributed by atoms with Crippen LogP contribution in [0.3, 0.4) is 0 Å². The minimum atomic E-state index is -0.0369. The van der Waals surface area contributed by atoms with Gasteiger partial charge in [0.1, 0.15) is 6.54 Å². The van der Waals surface area contributed by atoms with E-state index in [0.717, 1.165) is 3.57 Å². The maximum Gasteiger partial charge on any atom is 0.185 e. The topological polar surface area (TPSA) is 34.9 Å². The summed E-state index contributed by atoms with van der Waals surface area (Å²) in [6, 6.07) is 7.03. The third-order valence-electron chi connectivity index (χ3n) is 2.08. The number of aromatic nitrogens is 2. The lowest BCUT2D eigenvalue weighted by Crippen LogP contribution is -2.11. The Balaban J connectivity index is 2.18. The third kappa shape index (κ3) is 2.62. The Hall–Kier alpha value is -0.880. The molecule has 0 N–H and O–H groups in total. The number of rotatable bonds is 3. The number of carbonyl (C=O) groups is 1. The number of hydrogen-bond donors (Lipinski definition) is 0. The van der Waals surface area contributed by atoms with E-state index < -0.39 is 0 Å². The summed E-state index contributed by atoms with van der Waals surface area (Å²) in [4.78, 5) is 11.9. The summed E-state index contributed by atoms with van der Waals surface area (Å²) >= 11 is 8.09. The molecule has 0 saturated carbocycles. The fraction of sp³-hybridized carbons (Fsp3) is 0.0909. The van der Waals surface area contributed by atoms with E-state index in [1.165, 1.54) is 0 Å². The second-order valence-corrected chi connectivity index (χ2v) is 4.91. The fourth-order valence-corrected chi connectivity index (χ4v) is 2.03. The van der Waals surface area contributed by atoms with Gasteiger partial charge in [0.15, 0.2) is 5.78 Å². The van der Waals surface area contributed by atoms with E-state index in [2.05, 4.69) is 27.7 Å². The maximum absolute atomic E-state index is 11.9. The van der Waals surface area contributed by atoms with Crippen molar-refractivity contribution >= 4 is 40.0 Å². The van der Waals surface area contributed by atoms with E-state index in [0.29, 0.717) is 10.6 Å². The molecule has 0 aliphatic carbocycles. The smallest absolute Gasteiger partial charge is 0.185 e. The average molecular weight is 347 g/mol. The lowest BCUT2D eigenvalue weighted by Gasteiger charge is -2.03. The molecule has 1 aromatic heterocycles. The predicted molar refractivity (Wildman–Crippen MR) is 70.7 cm³/mol. The van der Waals surface area contributed by atoms with Crippen molar-refractivity contribution in [2.45, 2.75) is 6.54 Å². The van der Waals surface area contributed by atoms with E-state index in [-0.39, 0.29) is 12.3 Å². The molecule has 0 fully saturated rings. The summed E-state index contributed by atoms with van der Waals surface area (Å²) in [5.41, 5.74) is 0.537. The van der Waals surface area contributed by atoms with E-state index >= 15 is 0 Å². The van der Waals surface area contributed by atoms with Crippen LogP contribution >= 0.6 is 34.2 Å². The van der Waals surface area contributed by atoms with Gasteiger partial charge in [0.05, 0.1) is 14.8 Å². The van der Waals surface area contributed by atoms with Crippen LogP contribution in [0.1, 0.15) is 10.4 Å². The summed E-state index contributed by atoms with van der Waals surface area (Å²) in [5, 5.41) is 4.54. The first-order chi connectivity index (χ1) is 7.66. The molecule has 5 heteroatoms. The van der Waals surface area contributed by atoms with Gasteiger partial charge in [0.2, 0.25) is 0 Å². The Labute approximate surface area is 112 Å². The SMILES string of the molecule is O=C(Cn1cc(I)cn1)c1ccccc1Cl. The number of carbonyl (C=O) groups excluding carboxylic acids is 1. The Morgan fingerprint density at radius 2 is 2.19 bits per heavy atom. The second kappa shape index (κ2) is 4.97. The van der Waals surface area contributed by atoms with Gasteiger partial charge in [-0.3, -0.25) is 9.48 Å². The van der Waals surface area contributed by atoms with Crippen molar-refractivity contribution in [1.82, 2.24) is 9.78 Å². The predicted octanol–water partition coefficient (Wildman–Crippen LogP) is 3.02. The van der Waals surface area contributed by atoms with Gasteiger partial charge in [0.25, 0.3) is 0 Å². The normalized spacial score (nSPS) is 10.4. The molecular formula is C11H8ClIN2O. The lowest BCUT2D eigenvalue weighted by molar-refractivity contribution is 0.0968. The van der Waals surface area contributed by atoms with E-state index in [1.807, 2.05) is 6.20 Å². The van der Waals surface area contributed by atoms with Crippen molar-refractivity contribution in [3.8, 4) is 0 Å². The highest BCUT2D eigenvalue weighted by molar-refractivity contribution is 14.1. The monoisotopic (exact) mass is 346 g/mol. The number of nitrogens with zero attached hydrogens (tertiary/aromatic N) is 2. The molecule has 0 amide bonds. The zero-order valence-corrected chi connectivity index (χ0v) is 11.1. The van der Waals surface area contributed by atoms with Gasteiger partial charge < -0.3 is 0 Å². The van der Waals surface area contributed by atoms with Crippen LogP contribution in [0.25, 0.3) is 0 Å². The molecule has 0 radical (unpaired) electrons. The van der Waals surface area contributed by atoms with Crippen LogP contribution in [0, 0.1) is 3.57 Å². The summed E-state index contributed by atoms with van der Waals surface area (Å²) in [6.07, 6.45) is 3.52. The first-order valence-corrected chi connectivity index (χ1v) is 6.08. The van der Waals surface area contributed by atoms with Crippen LogP contribution in [0.4, 0.5) is 0 Å². The zero-order chi connectivity index (χ0) is 11.5. The molecular weight excluding hydrogens is 338 g/mol. The third-order valence-corrected chi connectivity index (χ3v) is 2.97. The van der Waals surface area contributed by atoms with Crippen molar-refractivity contribution in [2.24, 2.45) is 0 Å². The molecule has 0 spiro atoms. The summed E-state index contributed by atoms with van der Waals surface area (Å²) in [7, 11) is 0. The van der Waals surface area contributed by atoms with E-state index in [4.69, 9.17) is 11.6 Å². The Kier molecular flexibility index (Phi) is 3.60. The molecule has 0 saturated heterocycles. The van der Waals surface area contributed by atoms with Crippen molar-refractivity contribution in [3.63, 3.8) is 0 Å². The Morgan fingerprint density at radius 3 is 2.81 bits per heavy atom. The number of Topliss-reactive ketones (excluding diaryl/α,β-unsaturated/α-hetero) is 1. The lowest BCUT2D eigenvalue weighted by atomic mass is 10.1. The summed E-state index contributed by atoms with van der Waals surface area (Å²) in [5.74, 6) is -0.0369. The molecule has 0 aliphatic rings. The van der Waals surface area contributed by atoms with Gasteiger partial charge in [0, 0.05) is 11.8 Å². The number of benzene rings is 1. The molecule has 1 heterocycles. The minimum absolute atomic E-state index is 0.0369. The van der Waals surface area contributed by atoms with Crippen molar-refractivity contribution in [3.05, 3.63) is 50.8 Å². The van der Waals surface area contributed by atoms with Crippen LogP contribution < -0.4 is 0 Å². The molecule has 2 rings (SSSR count). The van der Waals surface area contributed by atoms with Crippen molar-refractivity contribution in [2.75, 3.05) is 0 Å². The standard InChI is InChI=1S/C11H8ClIN2O/c12-10-4-2-1-3-9(10)11(16)7-15-6-8(13)5-14-15/h1-6H,7H2. The van der Waals surface area contributed by atoms with Crippen LogP contribution in [-0.2, 0) is 6.54 Å². The first-order valence-electron chi connectivity index (χ1n) is 4.62. The van der Waals surface area contributed by atoms with Gasteiger partial charge >= 0.3 is 0 Å². The number of ketones is 1. The molecule has 0 unspecified atom stereocenters. The highest BCUT2D eigenvalue weighted by atomic mass is 127. The largest absolute Gasteiger partial charge is 0.292 e. The van der Waals surface area contributed by atoms with Crippen LogP contribution in [0.2, 0.25) is 5.02 Å². The summed E-state index contributed by atoms with van der Waals surface area (Å²) in [6.45, 7) is 0.215. The average Bonchev–Trinajstić information content (AvgIpc) is 2.64. The number of hydrogen-bond acceptors (Lipinski definition) is 2. The molecule has 2 aromatic rings. The molecule has 0 atom stereocenters. The van der Waals surface area contributed by atoms with Gasteiger partial charge in [-0.1, -0.05) is 23.7 Å². The van der Waals surface area contributed by atoms with Crippen LogP contribution in [0.5, 0.6) is 0 Å². The molecule has 0 aliphatic heterocycles. The minimum Gasteiger partial charge on any atom is -0.292 e. The molecule has 16 heavy (non-hydrogen) atoms. The molecule has 1 aromatic carbocycles. The summed E-state index contributed by atoms with van der Waals surface area (Å²) < 4.78 is 2.61. The molecule has 0 bridgehead atoms. The van der Waals surface area contributed by atoms with Crippen LogP contribution in [-0.4, -0.2) is 15.6 Å². The van der Waals surface area contributed by atoms with E-state index in [9.17, 15) is 4.79 Å². The van der Waals surface area contributed by atoms with Crippen LogP contribution in [0.15, 0.2) is 36.7 Å². The zero-order valence-electron chi connectivity index (χ0n) is 8.23. The molecule has 82 valence electrons. The second-order valence-electron chi connectivity index (χ2n) is 3.26. The highest BCUT2D eigenvalue weighted by Gasteiger charge is 2.10. The van der Waals surface area contributed by atoms with Crippen molar-refractivity contribution in [1.29, 1.82) is 0 Å². The van der Waals surface area contributed by atoms with Gasteiger partial charge in [-0.05, 0) is 34.7 Å². The highest BCUT2D eigenvalue weighted by Crippen LogP contribution is 2.16. The molecule has 3 nitrogen and oxygen atoms in total. The van der Waals surface area contributed by atoms with Gasteiger partial charge in [-0.25, -0.2) is 0 Å². The Morgan fingerprint density at radius 1 is 1.44 bits per heavy atom. The van der Waals surface area contributed by atoms with Crippen molar-refractivity contribution < 1.29 is 4.79 Å².